The Morgan fingerprint density at radius 2 is 2.11 bits per heavy atom. The molecule has 1 aliphatic heterocycles. The van der Waals surface area contributed by atoms with Gasteiger partial charge in [0.25, 0.3) is 0 Å². The second kappa shape index (κ2) is 4.90. The Morgan fingerprint density at radius 3 is 2.89 bits per heavy atom. The maximum Gasteiger partial charge on any atom is 0.154 e. The average molecular weight is 242 g/mol. The highest BCUT2D eigenvalue weighted by atomic mass is 15.3. The predicted molar refractivity (Wildman–Crippen MR) is 70.3 cm³/mol. The van der Waals surface area contributed by atoms with Crippen LogP contribution < -0.4 is 5.32 Å². The van der Waals surface area contributed by atoms with Crippen molar-refractivity contribution < 1.29 is 0 Å². The molecule has 0 radical (unpaired) electrons. The van der Waals surface area contributed by atoms with Crippen LogP contribution in [0.25, 0.3) is 0 Å². The van der Waals surface area contributed by atoms with Crippen molar-refractivity contribution in [1.29, 1.82) is 0 Å². The topological polar surface area (TPSA) is 42.7 Å². The van der Waals surface area contributed by atoms with Gasteiger partial charge in [0.2, 0.25) is 0 Å². The zero-order valence-corrected chi connectivity index (χ0v) is 10.6. The zero-order chi connectivity index (χ0) is 12.4. The first-order valence-corrected chi connectivity index (χ1v) is 6.60. The van der Waals surface area contributed by atoms with Crippen molar-refractivity contribution >= 4 is 0 Å². The lowest BCUT2D eigenvalue weighted by molar-refractivity contribution is 0.446. The first-order valence-electron chi connectivity index (χ1n) is 6.60. The third kappa shape index (κ3) is 1.93. The number of nitrogens with one attached hydrogen (secondary N) is 1. The number of aryl methyl sites for hydroxylation is 1. The van der Waals surface area contributed by atoms with Gasteiger partial charge in [-0.15, -0.1) is 10.2 Å². The highest BCUT2D eigenvalue weighted by Crippen LogP contribution is 2.24. The smallest absolute Gasteiger partial charge is 0.154 e. The van der Waals surface area contributed by atoms with E-state index in [4.69, 9.17) is 0 Å². The van der Waals surface area contributed by atoms with Crippen molar-refractivity contribution in [1.82, 2.24) is 20.1 Å². The van der Waals surface area contributed by atoms with Crippen molar-refractivity contribution in [3.05, 3.63) is 47.5 Å². The summed E-state index contributed by atoms with van der Waals surface area (Å²) in [5, 5.41) is 12.2. The molecule has 94 valence electrons. The fourth-order valence-electron chi connectivity index (χ4n) is 2.54. The van der Waals surface area contributed by atoms with E-state index in [-0.39, 0.29) is 6.04 Å². The van der Waals surface area contributed by atoms with Gasteiger partial charge in [0.1, 0.15) is 5.82 Å². The summed E-state index contributed by atoms with van der Waals surface area (Å²) >= 11 is 0. The van der Waals surface area contributed by atoms with Crippen LogP contribution in [-0.2, 0) is 13.0 Å². The van der Waals surface area contributed by atoms with Crippen LogP contribution >= 0.6 is 0 Å². The van der Waals surface area contributed by atoms with Crippen molar-refractivity contribution in [3.8, 4) is 0 Å². The average Bonchev–Trinajstić information content (AvgIpc) is 2.84. The molecule has 1 unspecified atom stereocenters. The molecule has 0 amide bonds. The highest BCUT2D eigenvalue weighted by molar-refractivity contribution is 5.26. The van der Waals surface area contributed by atoms with E-state index >= 15 is 0 Å². The van der Waals surface area contributed by atoms with Gasteiger partial charge in [0.15, 0.2) is 5.82 Å². The van der Waals surface area contributed by atoms with Gasteiger partial charge in [0.05, 0.1) is 6.04 Å². The Balaban J connectivity index is 1.98. The Hall–Kier alpha value is -1.68. The molecule has 0 saturated carbocycles. The van der Waals surface area contributed by atoms with Gasteiger partial charge in [0, 0.05) is 19.5 Å². The van der Waals surface area contributed by atoms with Crippen LogP contribution in [0.1, 0.15) is 36.6 Å². The van der Waals surface area contributed by atoms with Crippen LogP contribution in [0.15, 0.2) is 30.3 Å². The molecule has 0 fully saturated rings. The molecule has 1 aliphatic rings. The zero-order valence-electron chi connectivity index (χ0n) is 10.6. The van der Waals surface area contributed by atoms with E-state index < -0.39 is 0 Å². The number of fused-ring (bicyclic) bond motifs is 1. The maximum absolute atomic E-state index is 4.38. The number of benzene rings is 1. The van der Waals surface area contributed by atoms with Crippen LogP contribution in [0.4, 0.5) is 0 Å². The quantitative estimate of drug-likeness (QED) is 0.894. The molecule has 18 heavy (non-hydrogen) atoms. The van der Waals surface area contributed by atoms with Crippen LogP contribution in [0.2, 0.25) is 0 Å². The van der Waals surface area contributed by atoms with Gasteiger partial charge in [-0.25, -0.2) is 0 Å². The summed E-state index contributed by atoms with van der Waals surface area (Å²) in [6.45, 7) is 4.12. The number of aromatic nitrogens is 3. The van der Waals surface area contributed by atoms with E-state index in [9.17, 15) is 0 Å². The van der Waals surface area contributed by atoms with Crippen molar-refractivity contribution in [3.63, 3.8) is 0 Å². The lowest BCUT2D eigenvalue weighted by Gasteiger charge is -2.25. The third-order valence-electron chi connectivity index (χ3n) is 3.40. The summed E-state index contributed by atoms with van der Waals surface area (Å²) in [7, 11) is 0. The molecule has 0 aliphatic carbocycles. The van der Waals surface area contributed by atoms with Gasteiger partial charge >= 0.3 is 0 Å². The van der Waals surface area contributed by atoms with Gasteiger partial charge in [-0.2, -0.15) is 0 Å². The van der Waals surface area contributed by atoms with Crippen LogP contribution in [0, 0.1) is 0 Å². The Morgan fingerprint density at radius 1 is 1.28 bits per heavy atom. The van der Waals surface area contributed by atoms with Crippen molar-refractivity contribution in [2.24, 2.45) is 0 Å². The molecule has 1 aromatic heterocycles. The Labute approximate surface area is 107 Å². The lowest BCUT2D eigenvalue weighted by atomic mass is 10.0. The monoisotopic (exact) mass is 242 g/mol. The van der Waals surface area contributed by atoms with Crippen molar-refractivity contribution in [2.45, 2.75) is 32.4 Å². The number of nitrogens with zero attached hydrogens (tertiary/aromatic N) is 3. The summed E-state index contributed by atoms with van der Waals surface area (Å²) in [5.74, 6) is 2.17. The minimum atomic E-state index is 0.179. The molecule has 1 aromatic carbocycles. The maximum atomic E-state index is 4.38. The lowest BCUT2D eigenvalue weighted by Crippen LogP contribution is -2.34. The normalized spacial score (nSPS) is 18.6. The minimum absolute atomic E-state index is 0.179. The fourth-order valence-corrected chi connectivity index (χ4v) is 2.54. The first kappa shape index (κ1) is 11.4. The molecule has 1 atom stereocenters. The summed E-state index contributed by atoms with van der Waals surface area (Å²) in [4.78, 5) is 0. The van der Waals surface area contributed by atoms with Gasteiger partial charge < -0.3 is 9.88 Å². The van der Waals surface area contributed by atoms with E-state index in [1.165, 1.54) is 5.56 Å². The number of hydrogen-bond acceptors (Lipinski definition) is 3. The molecule has 0 saturated heterocycles. The molecule has 0 bridgehead atoms. The Kier molecular flexibility index (Phi) is 3.11. The van der Waals surface area contributed by atoms with E-state index in [1.807, 2.05) is 6.07 Å². The van der Waals surface area contributed by atoms with E-state index in [0.717, 1.165) is 37.6 Å². The molecular weight excluding hydrogens is 224 g/mol. The molecule has 3 rings (SSSR count). The summed E-state index contributed by atoms with van der Waals surface area (Å²) in [5.41, 5.74) is 1.26. The molecule has 2 aromatic rings. The predicted octanol–water partition coefficient (Wildman–Crippen LogP) is 1.92. The summed E-state index contributed by atoms with van der Waals surface area (Å²) < 4.78 is 2.28. The van der Waals surface area contributed by atoms with Gasteiger partial charge in [-0.05, 0) is 12.0 Å². The first-order chi connectivity index (χ1) is 8.90. The minimum Gasteiger partial charge on any atom is -0.312 e. The largest absolute Gasteiger partial charge is 0.312 e. The van der Waals surface area contributed by atoms with Crippen LogP contribution in [0.5, 0.6) is 0 Å². The van der Waals surface area contributed by atoms with Gasteiger partial charge in [-0.3, -0.25) is 0 Å². The van der Waals surface area contributed by atoms with Crippen molar-refractivity contribution in [2.75, 3.05) is 6.54 Å². The summed E-state index contributed by atoms with van der Waals surface area (Å²) in [6, 6.07) is 10.6. The molecule has 0 spiro atoms. The second-order valence-corrected chi connectivity index (χ2v) is 4.67. The number of hydrogen-bond donors (Lipinski definition) is 1. The van der Waals surface area contributed by atoms with E-state index in [0.29, 0.717) is 0 Å². The fraction of sp³-hybridized carbons (Fsp3) is 0.429. The van der Waals surface area contributed by atoms with Crippen LogP contribution in [-0.4, -0.2) is 21.3 Å². The standard InChI is InChI=1S/C14H18N4/c1-2-6-12-16-17-14-13(15-9-10-18(12)14)11-7-4-3-5-8-11/h3-5,7-8,13,15H,2,6,9-10H2,1H3. The Bertz CT molecular complexity index is 518. The number of rotatable bonds is 3. The third-order valence-corrected chi connectivity index (χ3v) is 3.40. The molecular formula is C14H18N4. The summed E-state index contributed by atoms with van der Waals surface area (Å²) in [6.07, 6.45) is 2.12. The van der Waals surface area contributed by atoms with Crippen LogP contribution in [0.3, 0.4) is 0 Å². The molecule has 2 heterocycles. The highest BCUT2D eigenvalue weighted by Gasteiger charge is 2.25. The second-order valence-electron chi connectivity index (χ2n) is 4.67. The van der Waals surface area contributed by atoms with Gasteiger partial charge in [-0.1, -0.05) is 37.3 Å². The molecule has 4 heteroatoms. The van der Waals surface area contributed by atoms with E-state index in [2.05, 4.69) is 51.3 Å². The van der Waals surface area contributed by atoms with E-state index in [1.54, 1.807) is 0 Å². The molecule has 1 N–H and O–H groups in total. The SMILES string of the molecule is CCCc1nnc2n1CCNC2c1ccccc1. The molecule has 4 nitrogen and oxygen atoms in total.